The highest BCUT2D eigenvalue weighted by Crippen LogP contribution is 2.27. The maximum atomic E-state index is 5.28. The average molecular weight is 225 g/mol. The molecule has 0 saturated carbocycles. The van der Waals surface area contributed by atoms with E-state index in [0.717, 1.165) is 22.1 Å². The Balaban J connectivity index is 3.22. The minimum absolute atomic E-state index is 0.806. The molecule has 0 aromatic heterocycles. The van der Waals surface area contributed by atoms with E-state index in [4.69, 9.17) is 9.47 Å². The standard InChI is InChI=1S/C11H15NO2S/c1-12-11(15-4)9-7-8(13-2)5-6-10(9)14-3/h5-7H,1-4H3. The van der Waals surface area contributed by atoms with Gasteiger partial charge in [0, 0.05) is 7.05 Å². The SMILES string of the molecule is CN=C(SC)c1cc(OC)ccc1OC. The van der Waals surface area contributed by atoms with Crippen LogP contribution in [0.2, 0.25) is 0 Å². The van der Waals surface area contributed by atoms with Crippen LogP contribution in [0.25, 0.3) is 0 Å². The molecule has 3 nitrogen and oxygen atoms in total. The molecular formula is C11H15NO2S. The number of hydrogen-bond donors (Lipinski definition) is 0. The van der Waals surface area contributed by atoms with Gasteiger partial charge in [-0.15, -0.1) is 11.8 Å². The highest BCUT2D eigenvalue weighted by molar-refractivity contribution is 8.13. The number of nitrogens with zero attached hydrogens (tertiary/aromatic N) is 1. The summed E-state index contributed by atoms with van der Waals surface area (Å²) in [6, 6.07) is 5.68. The van der Waals surface area contributed by atoms with Gasteiger partial charge in [-0.25, -0.2) is 0 Å². The molecular weight excluding hydrogens is 210 g/mol. The summed E-state index contributed by atoms with van der Waals surface area (Å²) in [7, 11) is 5.07. The Labute approximate surface area is 94.5 Å². The molecule has 0 spiro atoms. The largest absolute Gasteiger partial charge is 0.497 e. The molecule has 4 heteroatoms. The summed E-state index contributed by atoms with van der Waals surface area (Å²) in [6.45, 7) is 0. The molecule has 0 bridgehead atoms. The number of thioether (sulfide) groups is 1. The van der Waals surface area contributed by atoms with E-state index < -0.39 is 0 Å². The zero-order valence-corrected chi connectivity index (χ0v) is 10.2. The molecule has 0 saturated heterocycles. The van der Waals surface area contributed by atoms with Gasteiger partial charge in [-0.1, -0.05) is 0 Å². The Morgan fingerprint density at radius 3 is 2.47 bits per heavy atom. The van der Waals surface area contributed by atoms with Gasteiger partial charge >= 0.3 is 0 Å². The smallest absolute Gasteiger partial charge is 0.129 e. The molecule has 0 N–H and O–H groups in total. The molecule has 1 rings (SSSR count). The maximum Gasteiger partial charge on any atom is 0.129 e. The lowest BCUT2D eigenvalue weighted by molar-refractivity contribution is 0.402. The summed E-state index contributed by atoms with van der Waals surface area (Å²) in [4.78, 5) is 4.20. The number of rotatable bonds is 3. The van der Waals surface area contributed by atoms with Crippen molar-refractivity contribution >= 4 is 16.8 Å². The number of benzene rings is 1. The van der Waals surface area contributed by atoms with E-state index in [1.54, 1.807) is 33.0 Å². The summed E-state index contributed by atoms with van der Waals surface area (Å²) < 4.78 is 10.5. The molecule has 0 atom stereocenters. The minimum Gasteiger partial charge on any atom is -0.497 e. The van der Waals surface area contributed by atoms with Crippen molar-refractivity contribution in [1.29, 1.82) is 0 Å². The van der Waals surface area contributed by atoms with Crippen LogP contribution in [0.15, 0.2) is 23.2 Å². The third-order valence-electron chi connectivity index (χ3n) is 2.03. The topological polar surface area (TPSA) is 30.8 Å². The van der Waals surface area contributed by atoms with Crippen LogP contribution in [0, 0.1) is 0 Å². The molecule has 82 valence electrons. The van der Waals surface area contributed by atoms with Gasteiger partial charge in [0.25, 0.3) is 0 Å². The van der Waals surface area contributed by atoms with E-state index in [1.165, 1.54) is 0 Å². The Kier molecular flexibility index (Phi) is 4.49. The fraction of sp³-hybridized carbons (Fsp3) is 0.364. The van der Waals surface area contributed by atoms with Crippen LogP contribution in [0.4, 0.5) is 0 Å². The maximum absolute atomic E-state index is 5.28. The lowest BCUT2D eigenvalue weighted by Crippen LogP contribution is -1.99. The van der Waals surface area contributed by atoms with Crippen LogP contribution in [-0.2, 0) is 0 Å². The van der Waals surface area contributed by atoms with Gasteiger partial charge in [-0.05, 0) is 24.5 Å². The van der Waals surface area contributed by atoms with Gasteiger partial charge in [-0.2, -0.15) is 0 Å². The average Bonchev–Trinajstić information content (AvgIpc) is 2.30. The summed E-state index contributed by atoms with van der Waals surface area (Å²) >= 11 is 1.59. The van der Waals surface area contributed by atoms with Crippen LogP contribution in [-0.4, -0.2) is 32.6 Å². The van der Waals surface area contributed by atoms with Crippen molar-refractivity contribution < 1.29 is 9.47 Å². The Hall–Kier alpha value is -1.16. The lowest BCUT2D eigenvalue weighted by Gasteiger charge is -2.10. The van der Waals surface area contributed by atoms with E-state index >= 15 is 0 Å². The molecule has 0 aliphatic heterocycles. The lowest BCUT2D eigenvalue weighted by atomic mass is 10.2. The fourth-order valence-corrected chi connectivity index (χ4v) is 1.86. The van der Waals surface area contributed by atoms with Crippen LogP contribution >= 0.6 is 11.8 Å². The Morgan fingerprint density at radius 2 is 2.00 bits per heavy atom. The van der Waals surface area contributed by atoms with Crippen molar-refractivity contribution in [2.24, 2.45) is 4.99 Å². The molecule has 0 heterocycles. The third kappa shape index (κ3) is 2.65. The predicted octanol–water partition coefficient (Wildman–Crippen LogP) is 2.44. The van der Waals surface area contributed by atoms with E-state index in [0.29, 0.717) is 0 Å². The third-order valence-corrected chi connectivity index (χ3v) is 2.82. The fourth-order valence-electron chi connectivity index (χ4n) is 1.30. The zero-order chi connectivity index (χ0) is 11.3. The first-order chi connectivity index (χ1) is 7.26. The highest BCUT2D eigenvalue weighted by atomic mass is 32.2. The van der Waals surface area contributed by atoms with Crippen molar-refractivity contribution in [3.63, 3.8) is 0 Å². The molecule has 0 aliphatic rings. The Morgan fingerprint density at radius 1 is 1.27 bits per heavy atom. The van der Waals surface area contributed by atoms with E-state index in [1.807, 2.05) is 24.5 Å². The summed E-state index contributed by atoms with van der Waals surface area (Å²) in [6.07, 6.45) is 1.99. The van der Waals surface area contributed by atoms with Gasteiger partial charge < -0.3 is 9.47 Å². The zero-order valence-electron chi connectivity index (χ0n) is 9.40. The van der Waals surface area contributed by atoms with E-state index in [2.05, 4.69) is 4.99 Å². The molecule has 1 aromatic rings. The predicted molar refractivity (Wildman–Crippen MR) is 65.5 cm³/mol. The number of ether oxygens (including phenoxy) is 2. The van der Waals surface area contributed by atoms with Crippen LogP contribution in [0.1, 0.15) is 5.56 Å². The summed E-state index contributed by atoms with van der Waals surface area (Å²) in [5, 5.41) is 0.936. The summed E-state index contributed by atoms with van der Waals surface area (Å²) in [5.74, 6) is 1.62. The monoisotopic (exact) mass is 225 g/mol. The molecule has 0 amide bonds. The molecule has 0 fully saturated rings. The van der Waals surface area contributed by atoms with E-state index in [9.17, 15) is 0 Å². The van der Waals surface area contributed by atoms with Crippen LogP contribution < -0.4 is 9.47 Å². The first-order valence-electron chi connectivity index (χ1n) is 4.50. The Bertz CT molecular complexity index is 364. The van der Waals surface area contributed by atoms with Crippen molar-refractivity contribution in [1.82, 2.24) is 0 Å². The number of methoxy groups -OCH3 is 2. The van der Waals surface area contributed by atoms with Crippen LogP contribution in [0.5, 0.6) is 11.5 Å². The van der Waals surface area contributed by atoms with Crippen molar-refractivity contribution in [3.05, 3.63) is 23.8 Å². The first kappa shape index (κ1) is 11.9. The normalized spacial score (nSPS) is 11.3. The molecule has 1 aromatic carbocycles. The first-order valence-corrected chi connectivity index (χ1v) is 5.72. The quantitative estimate of drug-likeness (QED) is 0.585. The minimum atomic E-state index is 0.806. The van der Waals surface area contributed by atoms with Crippen molar-refractivity contribution in [3.8, 4) is 11.5 Å². The second-order valence-electron chi connectivity index (χ2n) is 2.80. The highest BCUT2D eigenvalue weighted by Gasteiger charge is 2.09. The van der Waals surface area contributed by atoms with Gasteiger partial charge in [0.15, 0.2) is 0 Å². The van der Waals surface area contributed by atoms with Crippen molar-refractivity contribution in [2.75, 3.05) is 27.5 Å². The molecule has 15 heavy (non-hydrogen) atoms. The number of hydrogen-bond acceptors (Lipinski definition) is 4. The van der Waals surface area contributed by atoms with Gasteiger partial charge in [0.2, 0.25) is 0 Å². The molecule has 0 radical (unpaired) electrons. The summed E-state index contributed by atoms with van der Waals surface area (Å²) in [5.41, 5.74) is 0.965. The van der Waals surface area contributed by atoms with E-state index in [-0.39, 0.29) is 0 Å². The van der Waals surface area contributed by atoms with Gasteiger partial charge in [0.05, 0.1) is 19.8 Å². The van der Waals surface area contributed by atoms with Crippen molar-refractivity contribution in [2.45, 2.75) is 0 Å². The van der Waals surface area contributed by atoms with Crippen LogP contribution in [0.3, 0.4) is 0 Å². The van der Waals surface area contributed by atoms with Gasteiger partial charge in [0.1, 0.15) is 16.5 Å². The number of aliphatic imine (C=N–C) groups is 1. The second-order valence-corrected chi connectivity index (χ2v) is 3.59. The second kappa shape index (κ2) is 5.66. The molecule has 0 aliphatic carbocycles. The molecule has 0 unspecified atom stereocenters. The van der Waals surface area contributed by atoms with Gasteiger partial charge in [-0.3, -0.25) is 4.99 Å².